The van der Waals surface area contributed by atoms with E-state index in [0.29, 0.717) is 25.0 Å². The minimum atomic E-state index is 0.454. The molecule has 2 heteroatoms. The fraction of sp³-hybridized carbons (Fsp3) is 0.467. The quantitative estimate of drug-likeness (QED) is 0.548. The van der Waals surface area contributed by atoms with E-state index in [1.54, 1.807) is 6.08 Å². The van der Waals surface area contributed by atoms with Gasteiger partial charge in [0.2, 0.25) is 0 Å². The van der Waals surface area contributed by atoms with E-state index < -0.39 is 0 Å². The molecule has 17 heavy (non-hydrogen) atoms. The van der Waals surface area contributed by atoms with Gasteiger partial charge in [-0.25, -0.2) is 0 Å². The van der Waals surface area contributed by atoms with Gasteiger partial charge >= 0.3 is 0 Å². The Kier molecular flexibility index (Phi) is 4.35. The molecule has 1 heterocycles. The molecule has 2 nitrogen and oxygen atoms in total. The van der Waals surface area contributed by atoms with Crippen LogP contribution in [-0.2, 0) is 9.47 Å². The van der Waals surface area contributed by atoms with Crippen LogP contribution in [0.5, 0.6) is 0 Å². The van der Waals surface area contributed by atoms with E-state index in [4.69, 9.17) is 9.47 Å². The summed E-state index contributed by atoms with van der Waals surface area (Å²) in [5.74, 6) is 0.913. The number of rotatable bonds is 4. The summed E-state index contributed by atoms with van der Waals surface area (Å²) in [6.07, 6.45) is 10.8. The maximum atomic E-state index is 5.52. The average Bonchev–Trinajstić information content (AvgIpc) is 2.71. The van der Waals surface area contributed by atoms with Crippen LogP contribution < -0.4 is 0 Å². The number of fused-ring (bicyclic) bond motifs is 1. The standard InChI is InChI=1S/C15H20O2/c1-3-6-16-9-13-7-12(2)4-5-14-10-17-11-15(14)8-13/h3-5,7-8,12,14H,1,6,9-11H2,2H3/b5-4-,13-7+,15-8-/t12-,14-/m1/s1. The van der Waals surface area contributed by atoms with Crippen LogP contribution in [0.3, 0.4) is 0 Å². The van der Waals surface area contributed by atoms with Gasteiger partial charge in [-0.2, -0.15) is 0 Å². The third-order valence-electron chi connectivity index (χ3n) is 3.04. The summed E-state index contributed by atoms with van der Waals surface area (Å²) in [5.41, 5.74) is 2.61. The first-order chi connectivity index (χ1) is 8.29. The van der Waals surface area contributed by atoms with Crippen molar-refractivity contribution in [1.29, 1.82) is 0 Å². The Morgan fingerprint density at radius 1 is 1.53 bits per heavy atom. The summed E-state index contributed by atoms with van der Waals surface area (Å²) in [6, 6.07) is 0. The van der Waals surface area contributed by atoms with Crippen molar-refractivity contribution in [3.63, 3.8) is 0 Å². The summed E-state index contributed by atoms with van der Waals surface area (Å²) in [6.45, 7) is 8.67. The van der Waals surface area contributed by atoms with Gasteiger partial charge in [0.1, 0.15) is 0 Å². The second kappa shape index (κ2) is 5.99. The van der Waals surface area contributed by atoms with Crippen molar-refractivity contribution in [3.05, 3.63) is 48.1 Å². The number of ether oxygens (including phenoxy) is 2. The highest BCUT2D eigenvalue weighted by Crippen LogP contribution is 2.26. The summed E-state index contributed by atoms with van der Waals surface area (Å²) < 4.78 is 11.0. The van der Waals surface area contributed by atoms with E-state index in [0.717, 1.165) is 13.2 Å². The van der Waals surface area contributed by atoms with Gasteiger partial charge in [0.05, 0.1) is 26.4 Å². The molecule has 2 rings (SSSR count). The highest BCUT2D eigenvalue weighted by molar-refractivity contribution is 5.32. The monoisotopic (exact) mass is 232 g/mol. The van der Waals surface area contributed by atoms with Gasteiger partial charge in [-0.15, -0.1) is 6.58 Å². The molecule has 0 saturated carbocycles. The zero-order valence-corrected chi connectivity index (χ0v) is 10.4. The van der Waals surface area contributed by atoms with Crippen molar-refractivity contribution in [3.8, 4) is 0 Å². The van der Waals surface area contributed by atoms with E-state index >= 15 is 0 Å². The van der Waals surface area contributed by atoms with E-state index in [9.17, 15) is 0 Å². The third-order valence-corrected chi connectivity index (χ3v) is 3.04. The molecule has 0 bridgehead atoms. The molecular formula is C15H20O2. The largest absolute Gasteiger partial charge is 0.376 e. The first-order valence-corrected chi connectivity index (χ1v) is 6.15. The zero-order valence-electron chi connectivity index (χ0n) is 10.4. The molecule has 0 aromatic heterocycles. The molecule has 2 aliphatic rings. The molecule has 0 unspecified atom stereocenters. The second-order valence-corrected chi connectivity index (χ2v) is 4.63. The van der Waals surface area contributed by atoms with Crippen LogP contribution in [0, 0.1) is 11.8 Å². The van der Waals surface area contributed by atoms with Crippen molar-refractivity contribution < 1.29 is 9.47 Å². The third kappa shape index (κ3) is 3.42. The normalized spacial score (nSPS) is 35.8. The van der Waals surface area contributed by atoms with Gasteiger partial charge in [0, 0.05) is 5.92 Å². The van der Waals surface area contributed by atoms with Crippen molar-refractivity contribution >= 4 is 0 Å². The van der Waals surface area contributed by atoms with Gasteiger partial charge in [-0.1, -0.05) is 37.3 Å². The van der Waals surface area contributed by atoms with Crippen LogP contribution in [0.1, 0.15) is 6.92 Å². The molecule has 0 aromatic rings. The Hall–Kier alpha value is -1.12. The zero-order chi connectivity index (χ0) is 12.1. The van der Waals surface area contributed by atoms with Gasteiger partial charge < -0.3 is 9.47 Å². The number of hydrogen-bond donors (Lipinski definition) is 0. The van der Waals surface area contributed by atoms with Crippen LogP contribution in [0.2, 0.25) is 0 Å². The molecule has 2 atom stereocenters. The average molecular weight is 232 g/mol. The molecule has 1 aliphatic heterocycles. The van der Waals surface area contributed by atoms with Gasteiger partial charge in [0.15, 0.2) is 0 Å². The van der Waals surface area contributed by atoms with Crippen molar-refractivity contribution in [2.75, 3.05) is 26.4 Å². The Morgan fingerprint density at radius 3 is 3.24 bits per heavy atom. The van der Waals surface area contributed by atoms with E-state index in [-0.39, 0.29) is 0 Å². The van der Waals surface area contributed by atoms with Crippen molar-refractivity contribution in [2.45, 2.75) is 6.92 Å². The van der Waals surface area contributed by atoms with Gasteiger partial charge in [-0.05, 0) is 17.1 Å². The lowest BCUT2D eigenvalue weighted by Crippen LogP contribution is -2.05. The predicted octanol–water partition coefficient (Wildman–Crippen LogP) is 2.89. The van der Waals surface area contributed by atoms with Crippen LogP contribution in [0.4, 0.5) is 0 Å². The van der Waals surface area contributed by atoms with Crippen molar-refractivity contribution in [1.82, 2.24) is 0 Å². The maximum Gasteiger partial charge on any atom is 0.0718 e. The van der Waals surface area contributed by atoms with Crippen LogP contribution in [-0.4, -0.2) is 26.4 Å². The lowest BCUT2D eigenvalue weighted by molar-refractivity contribution is 0.188. The SMILES string of the molecule is C=CCOCC1=C/[C@H](C)/C=C\[C@@H]2COC\C2=C\1. The number of allylic oxidation sites excluding steroid dienone is 2. The topological polar surface area (TPSA) is 18.5 Å². The summed E-state index contributed by atoms with van der Waals surface area (Å²) in [5, 5.41) is 0. The first kappa shape index (κ1) is 12.3. The first-order valence-electron chi connectivity index (χ1n) is 6.15. The molecule has 0 N–H and O–H groups in total. The van der Waals surface area contributed by atoms with E-state index in [2.05, 4.69) is 37.8 Å². The highest BCUT2D eigenvalue weighted by atomic mass is 16.5. The molecule has 1 saturated heterocycles. The van der Waals surface area contributed by atoms with E-state index in [1.807, 2.05) is 0 Å². The molecule has 0 amide bonds. The van der Waals surface area contributed by atoms with Gasteiger partial charge in [-0.3, -0.25) is 0 Å². The molecule has 0 radical (unpaired) electrons. The van der Waals surface area contributed by atoms with Crippen LogP contribution in [0.25, 0.3) is 0 Å². The molecular weight excluding hydrogens is 212 g/mol. The number of hydrogen-bond acceptors (Lipinski definition) is 2. The summed E-state index contributed by atoms with van der Waals surface area (Å²) in [4.78, 5) is 0. The summed E-state index contributed by atoms with van der Waals surface area (Å²) in [7, 11) is 0. The molecule has 0 aromatic carbocycles. The fourth-order valence-corrected chi connectivity index (χ4v) is 2.18. The molecule has 0 spiro atoms. The summed E-state index contributed by atoms with van der Waals surface area (Å²) >= 11 is 0. The molecule has 92 valence electrons. The highest BCUT2D eigenvalue weighted by Gasteiger charge is 2.20. The van der Waals surface area contributed by atoms with Crippen molar-refractivity contribution in [2.24, 2.45) is 11.8 Å². The maximum absolute atomic E-state index is 5.52. The van der Waals surface area contributed by atoms with Crippen LogP contribution in [0.15, 0.2) is 48.1 Å². The van der Waals surface area contributed by atoms with Gasteiger partial charge in [0.25, 0.3) is 0 Å². The molecule has 1 fully saturated rings. The lowest BCUT2D eigenvalue weighted by Gasteiger charge is -2.13. The minimum absolute atomic E-state index is 0.454. The minimum Gasteiger partial charge on any atom is -0.376 e. The molecule has 1 aliphatic carbocycles. The predicted molar refractivity (Wildman–Crippen MR) is 69.8 cm³/mol. The lowest BCUT2D eigenvalue weighted by atomic mass is 9.94. The Balaban J connectivity index is 2.11. The smallest absolute Gasteiger partial charge is 0.0718 e. The Labute approximate surface area is 103 Å². The fourth-order valence-electron chi connectivity index (χ4n) is 2.18. The van der Waals surface area contributed by atoms with E-state index in [1.165, 1.54) is 11.1 Å². The van der Waals surface area contributed by atoms with Crippen LogP contribution >= 0.6 is 0 Å². The Morgan fingerprint density at radius 2 is 2.41 bits per heavy atom. The second-order valence-electron chi connectivity index (χ2n) is 4.63. The Bertz CT molecular complexity index is 363.